The van der Waals surface area contributed by atoms with Crippen molar-refractivity contribution in [2.24, 2.45) is 0 Å². The largest absolute Gasteiger partial charge is 0.369 e. The molecule has 0 amide bonds. The Morgan fingerprint density at radius 2 is 1.73 bits per heavy atom. The number of benzene rings is 3. The van der Waals surface area contributed by atoms with Gasteiger partial charge < -0.3 is 5.32 Å². The number of rotatable bonds is 5. The molecule has 1 N–H and O–H groups in total. The van der Waals surface area contributed by atoms with E-state index in [0.717, 1.165) is 40.2 Å². The van der Waals surface area contributed by atoms with Crippen molar-refractivity contribution in [2.75, 3.05) is 11.9 Å². The lowest BCUT2D eigenvalue weighted by molar-refractivity contribution is 0.802. The van der Waals surface area contributed by atoms with Gasteiger partial charge in [-0.15, -0.1) is 5.10 Å². The number of para-hydroxylation sites is 1. The Hall–Kier alpha value is -3.73. The van der Waals surface area contributed by atoms with Crippen LogP contribution in [0, 0.1) is 6.92 Å². The van der Waals surface area contributed by atoms with Crippen molar-refractivity contribution in [3.05, 3.63) is 90.0 Å². The van der Waals surface area contributed by atoms with Gasteiger partial charge in [0.2, 0.25) is 0 Å². The van der Waals surface area contributed by atoms with Crippen LogP contribution in [0.25, 0.3) is 27.8 Å². The Balaban J connectivity index is 1.59. The summed E-state index contributed by atoms with van der Waals surface area (Å²) in [5.74, 6) is 1.22. The van der Waals surface area contributed by atoms with E-state index in [1.165, 1.54) is 11.1 Å². The minimum Gasteiger partial charge on any atom is -0.369 e. The Morgan fingerprint density at radius 1 is 0.933 bits per heavy atom. The molecule has 0 spiro atoms. The first-order valence-corrected chi connectivity index (χ1v) is 10.2. The molecule has 0 fully saturated rings. The summed E-state index contributed by atoms with van der Waals surface area (Å²) < 4.78 is 1.83. The summed E-state index contributed by atoms with van der Waals surface area (Å²) in [5.41, 5.74) is 6.06. The van der Waals surface area contributed by atoms with Crippen molar-refractivity contribution < 1.29 is 0 Å². The molecule has 0 aliphatic carbocycles. The standard InChI is InChI=1S/C25H23N5/c1-17-9-8-12-20(15-17)23-25-27-24(26-16-18(2)19-10-4-3-5-11-19)21-13-6-7-14-22(21)30(25)29-28-23/h3-15,18H,16H2,1-2H3,(H,26,27). The average molecular weight is 393 g/mol. The van der Waals surface area contributed by atoms with Gasteiger partial charge >= 0.3 is 0 Å². The number of aryl methyl sites for hydroxylation is 1. The van der Waals surface area contributed by atoms with Gasteiger partial charge in [0.15, 0.2) is 5.65 Å². The molecule has 3 aromatic carbocycles. The molecule has 2 aromatic heterocycles. The third kappa shape index (κ3) is 3.28. The first kappa shape index (κ1) is 18.3. The van der Waals surface area contributed by atoms with Crippen LogP contribution in [0.3, 0.4) is 0 Å². The Morgan fingerprint density at radius 3 is 2.57 bits per heavy atom. The Labute approximate surface area is 175 Å². The lowest BCUT2D eigenvalue weighted by atomic mass is 10.0. The maximum atomic E-state index is 4.96. The monoisotopic (exact) mass is 393 g/mol. The zero-order valence-corrected chi connectivity index (χ0v) is 17.1. The second-order valence-corrected chi connectivity index (χ2v) is 7.71. The van der Waals surface area contributed by atoms with Crippen molar-refractivity contribution in [1.82, 2.24) is 19.8 Å². The minimum atomic E-state index is 0.363. The smallest absolute Gasteiger partial charge is 0.186 e. The van der Waals surface area contributed by atoms with E-state index in [1.54, 1.807) is 0 Å². The number of nitrogens with zero attached hydrogens (tertiary/aromatic N) is 4. The zero-order chi connectivity index (χ0) is 20.5. The van der Waals surface area contributed by atoms with Crippen LogP contribution in [-0.2, 0) is 0 Å². The zero-order valence-electron chi connectivity index (χ0n) is 17.1. The second-order valence-electron chi connectivity index (χ2n) is 7.71. The highest BCUT2D eigenvalue weighted by atomic mass is 15.4. The summed E-state index contributed by atoms with van der Waals surface area (Å²) in [4.78, 5) is 4.96. The van der Waals surface area contributed by atoms with E-state index < -0.39 is 0 Å². The van der Waals surface area contributed by atoms with Crippen molar-refractivity contribution >= 4 is 22.4 Å². The summed E-state index contributed by atoms with van der Waals surface area (Å²) in [5, 5.41) is 13.5. The third-order valence-corrected chi connectivity index (χ3v) is 5.49. The van der Waals surface area contributed by atoms with E-state index in [2.05, 4.69) is 84.1 Å². The highest BCUT2D eigenvalue weighted by Gasteiger charge is 2.16. The molecule has 5 rings (SSSR count). The van der Waals surface area contributed by atoms with Crippen LogP contribution in [0.2, 0.25) is 0 Å². The van der Waals surface area contributed by atoms with Crippen molar-refractivity contribution in [1.29, 1.82) is 0 Å². The van der Waals surface area contributed by atoms with E-state index in [1.807, 2.05) is 28.8 Å². The van der Waals surface area contributed by atoms with Gasteiger partial charge in [0.05, 0.1) is 5.52 Å². The maximum Gasteiger partial charge on any atom is 0.186 e. The van der Waals surface area contributed by atoms with Gasteiger partial charge in [-0.2, -0.15) is 4.52 Å². The van der Waals surface area contributed by atoms with Gasteiger partial charge in [0.25, 0.3) is 0 Å². The third-order valence-electron chi connectivity index (χ3n) is 5.49. The lowest BCUT2D eigenvalue weighted by Gasteiger charge is -2.15. The van der Waals surface area contributed by atoms with E-state index in [0.29, 0.717) is 5.92 Å². The van der Waals surface area contributed by atoms with Gasteiger partial charge in [-0.3, -0.25) is 0 Å². The summed E-state index contributed by atoms with van der Waals surface area (Å²) in [6, 6.07) is 27.0. The summed E-state index contributed by atoms with van der Waals surface area (Å²) >= 11 is 0. The van der Waals surface area contributed by atoms with Crippen LogP contribution in [0.15, 0.2) is 78.9 Å². The molecule has 5 nitrogen and oxygen atoms in total. The van der Waals surface area contributed by atoms with E-state index in [4.69, 9.17) is 4.98 Å². The fraction of sp³-hybridized carbons (Fsp3) is 0.160. The number of hydrogen-bond donors (Lipinski definition) is 1. The fourth-order valence-corrected chi connectivity index (χ4v) is 3.83. The van der Waals surface area contributed by atoms with Gasteiger partial charge in [-0.25, -0.2) is 4.98 Å². The molecule has 0 aliphatic heterocycles. The van der Waals surface area contributed by atoms with Gasteiger partial charge in [-0.1, -0.05) is 78.4 Å². The molecule has 0 radical (unpaired) electrons. The van der Waals surface area contributed by atoms with Crippen LogP contribution in [0.5, 0.6) is 0 Å². The molecule has 5 heteroatoms. The van der Waals surface area contributed by atoms with Crippen LogP contribution in [0.4, 0.5) is 5.82 Å². The molecule has 1 atom stereocenters. The van der Waals surface area contributed by atoms with E-state index in [-0.39, 0.29) is 0 Å². The molecule has 30 heavy (non-hydrogen) atoms. The second kappa shape index (κ2) is 7.59. The van der Waals surface area contributed by atoms with Gasteiger partial charge in [0, 0.05) is 17.5 Å². The predicted molar refractivity (Wildman–Crippen MR) is 122 cm³/mol. The first-order valence-electron chi connectivity index (χ1n) is 10.2. The minimum absolute atomic E-state index is 0.363. The molecule has 0 saturated heterocycles. The molecule has 0 aliphatic rings. The molecule has 148 valence electrons. The van der Waals surface area contributed by atoms with Crippen LogP contribution in [-0.4, -0.2) is 26.4 Å². The van der Waals surface area contributed by atoms with Crippen molar-refractivity contribution in [3.63, 3.8) is 0 Å². The molecule has 5 aromatic rings. The normalized spacial score (nSPS) is 12.3. The Kier molecular flexibility index (Phi) is 4.64. The summed E-state index contributed by atoms with van der Waals surface area (Å²) in [6.07, 6.45) is 0. The quantitative estimate of drug-likeness (QED) is 0.430. The van der Waals surface area contributed by atoms with Gasteiger partial charge in [0.1, 0.15) is 11.5 Å². The predicted octanol–water partition coefficient (Wildman–Crippen LogP) is 5.47. The number of nitrogens with one attached hydrogen (secondary N) is 1. The fourth-order valence-electron chi connectivity index (χ4n) is 3.83. The van der Waals surface area contributed by atoms with Crippen LogP contribution in [0.1, 0.15) is 24.0 Å². The van der Waals surface area contributed by atoms with Crippen LogP contribution < -0.4 is 5.32 Å². The highest BCUT2D eigenvalue weighted by molar-refractivity contribution is 5.93. The molecular weight excluding hydrogens is 370 g/mol. The Bertz CT molecular complexity index is 1320. The highest BCUT2D eigenvalue weighted by Crippen LogP contribution is 2.28. The average Bonchev–Trinajstić information content (AvgIpc) is 3.22. The van der Waals surface area contributed by atoms with Crippen molar-refractivity contribution in [3.8, 4) is 11.3 Å². The molecule has 0 saturated carbocycles. The number of hydrogen-bond acceptors (Lipinski definition) is 4. The lowest BCUT2D eigenvalue weighted by Crippen LogP contribution is -2.12. The van der Waals surface area contributed by atoms with E-state index in [9.17, 15) is 0 Å². The topological polar surface area (TPSA) is 55.1 Å². The molecule has 2 heterocycles. The maximum absolute atomic E-state index is 4.96. The summed E-state index contributed by atoms with van der Waals surface area (Å²) in [7, 11) is 0. The first-order chi connectivity index (χ1) is 14.7. The number of aromatic nitrogens is 4. The SMILES string of the molecule is Cc1cccc(-c2nnn3c2nc(NCC(C)c2ccccc2)c2ccccc23)c1. The van der Waals surface area contributed by atoms with Crippen molar-refractivity contribution in [2.45, 2.75) is 19.8 Å². The van der Waals surface area contributed by atoms with Gasteiger partial charge in [-0.05, 0) is 36.6 Å². The van der Waals surface area contributed by atoms with E-state index >= 15 is 0 Å². The molecule has 0 bridgehead atoms. The van der Waals surface area contributed by atoms with Crippen LogP contribution >= 0.6 is 0 Å². The summed E-state index contributed by atoms with van der Waals surface area (Å²) in [6.45, 7) is 5.09. The number of fused-ring (bicyclic) bond motifs is 3. The number of anilines is 1. The molecule has 1 unspecified atom stereocenters. The molecular formula is C25H23N5.